The van der Waals surface area contributed by atoms with Gasteiger partial charge >= 0.3 is 0 Å². The first-order valence-electron chi connectivity index (χ1n) is 5.32. The fourth-order valence-corrected chi connectivity index (χ4v) is 1.29. The summed E-state index contributed by atoms with van der Waals surface area (Å²) in [6.45, 7) is -0.267. The van der Waals surface area contributed by atoms with Crippen LogP contribution in [0.3, 0.4) is 0 Å². The Labute approximate surface area is 109 Å². The Kier molecular flexibility index (Phi) is 5.17. The smallest absolute Gasteiger partial charge is 0.255 e. The molecule has 1 aromatic carbocycles. The molecule has 7 nitrogen and oxygen atoms in total. The molecule has 0 unspecified atom stereocenters. The number of nitrogens with zero attached hydrogens (tertiary/aromatic N) is 1. The third-order valence-electron chi connectivity index (χ3n) is 2.06. The summed E-state index contributed by atoms with van der Waals surface area (Å²) in [5.41, 5.74) is 5.43. The second kappa shape index (κ2) is 6.86. The van der Waals surface area contributed by atoms with Crippen molar-refractivity contribution in [1.29, 1.82) is 5.26 Å². The van der Waals surface area contributed by atoms with Gasteiger partial charge < -0.3 is 20.5 Å². The Morgan fingerprint density at radius 1 is 1.42 bits per heavy atom. The monoisotopic (exact) mass is 263 g/mol. The number of rotatable bonds is 6. The van der Waals surface area contributed by atoms with E-state index in [1.807, 2.05) is 0 Å². The van der Waals surface area contributed by atoms with Gasteiger partial charge in [-0.1, -0.05) is 0 Å². The van der Waals surface area contributed by atoms with Crippen LogP contribution in [-0.2, 0) is 9.59 Å². The van der Waals surface area contributed by atoms with Gasteiger partial charge in [-0.25, -0.2) is 0 Å². The Morgan fingerprint density at radius 3 is 2.74 bits per heavy atom. The van der Waals surface area contributed by atoms with Gasteiger partial charge in [-0.2, -0.15) is 5.26 Å². The zero-order valence-electron chi connectivity index (χ0n) is 10.3. The van der Waals surface area contributed by atoms with E-state index in [-0.39, 0.29) is 13.0 Å². The molecule has 0 aliphatic carbocycles. The molecule has 0 aromatic heterocycles. The van der Waals surface area contributed by atoms with Gasteiger partial charge in [0, 0.05) is 11.8 Å². The molecule has 7 heteroatoms. The van der Waals surface area contributed by atoms with Crippen LogP contribution in [0.25, 0.3) is 0 Å². The normalized spacial score (nSPS) is 9.26. The van der Waals surface area contributed by atoms with Crippen molar-refractivity contribution in [3.8, 4) is 17.6 Å². The number of ether oxygens (including phenoxy) is 2. The third-order valence-corrected chi connectivity index (χ3v) is 2.06. The van der Waals surface area contributed by atoms with Crippen LogP contribution in [0.15, 0.2) is 18.2 Å². The van der Waals surface area contributed by atoms with E-state index in [4.69, 9.17) is 20.5 Å². The quantitative estimate of drug-likeness (QED) is 0.771. The highest BCUT2D eigenvalue weighted by molar-refractivity contribution is 5.92. The van der Waals surface area contributed by atoms with Crippen molar-refractivity contribution >= 4 is 17.5 Å². The summed E-state index contributed by atoms with van der Waals surface area (Å²) in [5, 5.41) is 10.9. The fraction of sp³-hybridized carbons (Fsp3) is 0.250. The van der Waals surface area contributed by atoms with Gasteiger partial charge in [0.1, 0.15) is 6.42 Å². The number of nitrogens with two attached hydrogens (primary N) is 1. The van der Waals surface area contributed by atoms with Gasteiger partial charge in [0.25, 0.3) is 5.91 Å². The van der Waals surface area contributed by atoms with Gasteiger partial charge in [0.05, 0.1) is 13.2 Å². The molecule has 0 atom stereocenters. The molecule has 0 spiro atoms. The van der Waals surface area contributed by atoms with Crippen molar-refractivity contribution < 1.29 is 19.1 Å². The molecule has 0 radical (unpaired) electrons. The summed E-state index contributed by atoms with van der Waals surface area (Å²) >= 11 is 0. The van der Waals surface area contributed by atoms with E-state index in [0.717, 1.165) is 0 Å². The predicted molar refractivity (Wildman–Crippen MR) is 66.5 cm³/mol. The van der Waals surface area contributed by atoms with E-state index < -0.39 is 11.8 Å². The number of hydrogen-bond donors (Lipinski definition) is 2. The number of carbonyl (C=O) groups is 2. The highest BCUT2D eigenvalue weighted by Crippen LogP contribution is 2.30. The predicted octanol–water partition coefficient (Wildman–Crippen LogP) is 0.411. The van der Waals surface area contributed by atoms with E-state index in [1.54, 1.807) is 12.1 Å². The Hall–Kier alpha value is -2.75. The fourth-order valence-electron chi connectivity index (χ4n) is 1.29. The van der Waals surface area contributed by atoms with Crippen molar-refractivity contribution in [2.45, 2.75) is 6.42 Å². The number of methoxy groups -OCH3 is 1. The van der Waals surface area contributed by atoms with Crippen LogP contribution in [0.5, 0.6) is 11.5 Å². The van der Waals surface area contributed by atoms with Crippen LogP contribution < -0.4 is 20.5 Å². The Bertz CT molecular complexity index is 522. The zero-order valence-corrected chi connectivity index (χ0v) is 10.3. The number of carbonyl (C=O) groups excluding carboxylic acids is 2. The number of amides is 2. The Morgan fingerprint density at radius 2 is 2.16 bits per heavy atom. The summed E-state index contributed by atoms with van der Waals surface area (Å²) in [6, 6.07) is 6.36. The maximum atomic E-state index is 11.2. The second-order valence-electron chi connectivity index (χ2n) is 3.50. The van der Waals surface area contributed by atoms with Gasteiger partial charge in [-0.3, -0.25) is 9.59 Å². The molecular weight excluding hydrogens is 250 g/mol. The molecule has 3 N–H and O–H groups in total. The molecule has 0 heterocycles. The first-order chi connectivity index (χ1) is 9.06. The minimum Gasteiger partial charge on any atom is -0.493 e. The van der Waals surface area contributed by atoms with E-state index >= 15 is 0 Å². The average molecular weight is 263 g/mol. The van der Waals surface area contributed by atoms with Crippen LogP contribution in [0, 0.1) is 11.3 Å². The van der Waals surface area contributed by atoms with Crippen molar-refractivity contribution in [3.05, 3.63) is 18.2 Å². The zero-order chi connectivity index (χ0) is 14.3. The lowest BCUT2D eigenvalue weighted by Gasteiger charge is -2.11. The SMILES string of the molecule is COc1cc(NC(=O)CC#N)ccc1OCC(N)=O. The van der Waals surface area contributed by atoms with Crippen LogP contribution in [0.2, 0.25) is 0 Å². The third kappa shape index (κ3) is 4.55. The summed E-state index contributed by atoms with van der Waals surface area (Å²) < 4.78 is 10.2. The Balaban J connectivity index is 2.80. The number of nitriles is 1. The average Bonchev–Trinajstić information content (AvgIpc) is 2.37. The standard InChI is InChI=1S/C12H13N3O4/c1-18-10-6-8(15-12(17)4-5-13)2-3-9(10)19-7-11(14)16/h2-3,6H,4,7H2,1H3,(H2,14,16)(H,15,17). The summed E-state index contributed by atoms with van der Waals surface area (Å²) in [4.78, 5) is 21.9. The second-order valence-corrected chi connectivity index (χ2v) is 3.50. The number of anilines is 1. The van der Waals surface area contributed by atoms with Crippen LogP contribution >= 0.6 is 0 Å². The van der Waals surface area contributed by atoms with Gasteiger partial charge in [-0.05, 0) is 12.1 Å². The maximum absolute atomic E-state index is 11.2. The van der Waals surface area contributed by atoms with Crippen molar-refractivity contribution in [3.63, 3.8) is 0 Å². The molecular formula is C12H13N3O4. The molecule has 0 saturated carbocycles. The maximum Gasteiger partial charge on any atom is 0.255 e. The molecule has 0 aliphatic rings. The van der Waals surface area contributed by atoms with Crippen LogP contribution in [-0.4, -0.2) is 25.5 Å². The van der Waals surface area contributed by atoms with E-state index in [0.29, 0.717) is 17.2 Å². The lowest BCUT2D eigenvalue weighted by molar-refractivity contribution is -0.120. The molecule has 0 bridgehead atoms. The number of hydrogen-bond acceptors (Lipinski definition) is 5. The van der Waals surface area contributed by atoms with Gasteiger partial charge in [-0.15, -0.1) is 0 Å². The van der Waals surface area contributed by atoms with E-state index in [9.17, 15) is 9.59 Å². The molecule has 100 valence electrons. The molecule has 0 fully saturated rings. The van der Waals surface area contributed by atoms with Crippen molar-refractivity contribution in [2.75, 3.05) is 19.0 Å². The van der Waals surface area contributed by atoms with Gasteiger partial charge in [0.15, 0.2) is 18.1 Å². The largest absolute Gasteiger partial charge is 0.493 e. The van der Waals surface area contributed by atoms with E-state index in [2.05, 4.69) is 5.32 Å². The summed E-state index contributed by atoms with van der Waals surface area (Å²) in [7, 11) is 1.42. The highest BCUT2D eigenvalue weighted by Gasteiger charge is 2.08. The molecule has 0 aliphatic heterocycles. The van der Waals surface area contributed by atoms with Crippen molar-refractivity contribution in [1.82, 2.24) is 0 Å². The topological polar surface area (TPSA) is 114 Å². The number of benzene rings is 1. The molecule has 0 saturated heterocycles. The molecule has 19 heavy (non-hydrogen) atoms. The van der Waals surface area contributed by atoms with Gasteiger partial charge in [0.2, 0.25) is 5.91 Å². The van der Waals surface area contributed by atoms with Crippen LogP contribution in [0.1, 0.15) is 6.42 Å². The lowest BCUT2D eigenvalue weighted by atomic mass is 10.2. The summed E-state index contributed by atoms with van der Waals surface area (Å²) in [6.07, 6.45) is -0.234. The number of nitrogens with one attached hydrogen (secondary N) is 1. The van der Waals surface area contributed by atoms with E-state index in [1.165, 1.54) is 19.2 Å². The minimum absolute atomic E-state index is 0.234. The molecule has 1 rings (SSSR count). The minimum atomic E-state index is -0.603. The highest BCUT2D eigenvalue weighted by atomic mass is 16.5. The first kappa shape index (κ1) is 14.3. The van der Waals surface area contributed by atoms with Crippen molar-refractivity contribution in [2.24, 2.45) is 5.73 Å². The first-order valence-corrected chi connectivity index (χ1v) is 5.32. The van der Waals surface area contributed by atoms with Crippen LogP contribution in [0.4, 0.5) is 5.69 Å². The molecule has 1 aromatic rings. The lowest BCUT2D eigenvalue weighted by Crippen LogP contribution is -2.20. The summed E-state index contributed by atoms with van der Waals surface area (Å²) in [5.74, 6) is -0.348. The number of primary amides is 1. The molecule has 2 amide bonds.